The van der Waals surface area contributed by atoms with Crippen LogP contribution >= 0.6 is 7.82 Å². The van der Waals surface area contributed by atoms with Crippen molar-refractivity contribution in [2.24, 2.45) is 0 Å². The Kier molecular flexibility index (Phi) is 19.5. The zero-order chi connectivity index (χ0) is 25.0. The number of nitrogens with zero attached hydrogens (tertiary/aromatic N) is 1. The van der Waals surface area contributed by atoms with Crippen molar-refractivity contribution in [1.82, 2.24) is 0 Å². The second kappa shape index (κ2) is 19.8. The Bertz CT molecular complexity index is 525. The van der Waals surface area contributed by atoms with Gasteiger partial charge < -0.3 is 18.9 Å². The molecule has 33 heavy (non-hydrogen) atoms. The van der Waals surface area contributed by atoms with E-state index in [1.807, 2.05) is 28.1 Å². The summed E-state index contributed by atoms with van der Waals surface area (Å²) in [5, 5.41) is 0. The summed E-state index contributed by atoms with van der Waals surface area (Å²) in [5.74, 6) is -0.351. The molecule has 198 valence electrons. The Balaban J connectivity index is 4.25. The molecule has 0 aliphatic carbocycles. The Labute approximate surface area is 202 Å². The molecular formula is C24H51NO7P+. The highest BCUT2D eigenvalue weighted by Gasteiger charge is 2.26. The lowest BCUT2D eigenvalue weighted by atomic mass is 10.1. The van der Waals surface area contributed by atoms with E-state index in [4.69, 9.17) is 18.5 Å². The van der Waals surface area contributed by atoms with Crippen LogP contribution in [0.25, 0.3) is 0 Å². The lowest BCUT2D eigenvalue weighted by molar-refractivity contribution is -0.870. The molecule has 2 atom stereocenters. The molecule has 0 rings (SSSR count). The highest BCUT2D eigenvalue weighted by molar-refractivity contribution is 7.47. The largest absolute Gasteiger partial charge is 0.472 e. The number of phosphoric ester groups is 1. The van der Waals surface area contributed by atoms with Crippen molar-refractivity contribution in [2.75, 3.05) is 54.1 Å². The van der Waals surface area contributed by atoms with E-state index in [1.54, 1.807) is 0 Å². The second-order valence-corrected chi connectivity index (χ2v) is 11.2. The number of carbonyl (C=O) groups is 1. The topological polar surface area (TPSA) is 91.3 Å². The predicted molar refractivity (Wildman–Crippen MR) is 132 cm³/mol. The standard InChI is InChI=1S/C24H50NO7P/c1-6-8-10-11-12-13-14-15-16-19-29-21-23(32-24(26)17-9-7-2)22-31-33(27,28)30-20-18-25(3,4)5/h23H,6-22H2,1-5H3/p+1. The fourth-order valence-electron chi connectivity index (χ4n) is 3.06. The first-order chi connectivity index (χ1) is 15.6. The molecule has 0 spiro atoms. The van der Waals surface area contributed by atoms with E-state index in [0.717, 1.165) is 25.7 Å². The third-order valence-electron chi connectivity index (χ3n) is 5.17. The lowest BCUT2D eigenvalue weighted by Crippen LogP contribution is -2.37. The summed E-state index contributed by atoms with van der Waals surface area (Å²) in [6.07, 6.45) is 12.3. The van der Waals surface area contributed by atoms with E-state index in [2.05, 4.69) is 6.92 Å². The minimum Gasteiger partial charge on any atom is -0.457 e. The lowest BCUT2D eigenvalue weighted by Gasteiger charge is -2.24. The summed E-state index contributed by atoms with van der Waals surface area (Å²) in [6.45, 7) is 5.33. The van der Waals surface area contributed by atoms with Gasteiger partial charge in [-0.2, -0.15) is 0 Å². The zero-order valence-electron chi connectivity index (χ0n) is 21.9. The van der Waals surface area contributed by atoms with Gasteiger partial charge in [0.1, 0.15) is 19.3 Å². The molecule has 0 saturated carbocycles. The van der Waals surface area contributed by atoms with Crippen LogP contribution in [0.5, 0.6) is 0 Å². The average molecular weight is 497 g/mol. The van der Waals surface area contributed by atoms with Crippen molar-refractivity contribution in [3.8, 4) is 0 Å². The third kappa shape index (κ3) is 23.0. The quantitative estimate of drug-likeness (QED) is 0.0867. The predicted octanol–water partition coefficient (Wildman–Crippen LogP) is 5.48. The Hall–Kier alpha value is -0.500. The summed E-state index contributed by atoms with van der Waals surface area (Å²) in [6, 6.07) is 0. The van der Waals surface area contributed by atoms with Gasteiger partial charge in [-0.05, 0) is 12.8 Å². The van der Waals surface area contributed by atoms with Gasteiger partial charge in [0, 0.05) is 13.0 Å². The number of ether oxygens (including phenoxy) is 2. The Morgan fingerprint density at radius 3 is 1.97 bits per heavy atom. The van der Waals surface area contributed by atoms with E-state index < -0.39 is 13.9 Å². The van der Waals surface area contributed by atoms with Crippen molar-refractivity contribution in [2.45, 2.75) is 97.0 Å². The number of unbranched alkanes of at least 4 members (excludes halogenated alkanes) is 9. The molecule has 8 nitrogen and oxygen atoms in total. The monoisotopic (exact) mass is 496 g/mol. The number of hydrogen-bond donors (Lipinski definition) is 1. The van der Waals surface area contributed by atoms with Crippen LogP contribution in [0.3, 0.4) is 0 Å². The van der Waals surface area contributed by atoms with Crippen molar-refractivity contribution in [1.29, 1.82) is 0 Å². The van der Waals surface area contributed by atoms with Crippen LogP contribution in [-0.2, 0) is 27.9 Å². The molecule has 2 unspecified atom stereocenters. The third-order valence-corrected chi connectivity index (χ3v) is 6.15. The molecule has 0 bridgehead atoms. The summed E-state index contributed by atoms with van der Waals surface area (Å²) in [4.78, 5) is 21.9. The normalized spacial score (nSPS) is 14.7. The van der Waals surface area contributed by atoms with E-state index in [9.17, 15) is 14.3 Å². The van der Waals surface area contributed by atoms with Crippen LogP contribution in [-0.4, -0.2) is 75.6 Å². The van der Waals surface area contributed by atoms with E-state index in [0.29, 0.717) is 24.1 Å². The number of rotatable bonds is 23. The summed E-state index contributed by atoms with van der Waals surface area (Å²) >= 11 is 0. The first-order valence-electron chi connectivity index (χ1n) is 12.8. The molecule has 9 heteroatoms. The van der Waals surface area contributed by atoms with Gasteiger partial charge in [0.25, 0.3) is 0 Å². The Morgan fingerprint density at radius 2 is 1.39 bits per heavy atom. The maximum Gasteiger partial charge on any atom is 0.472 e. The van der Waals surface area contributed by atoms with Gasteiger partial charge in [0.2, 0.25) is 0 Å². The Morgan fingerprint density at radius 1 is 0.818 bits per heavy atom. The first-order valence-corrected chi connectivity index (χ1v) is 14.3. The summed E-state index contributed by atoms with van der Waals surface area (Å²) in [7, 11) is 1.66. The number of hydrogen-bond acceptors (Lipinski definition) is 6. The van der Waals surface area contributed by atoms with Gasteiger partial charge in [-0.1, -0.05) is 71.6 Å². The highest BCUT2D eigenvalue weighted by Crippen LogP contribution is 2.43. The van der Waals surface area contributed by atoms with Gasteiger partial charge in [-0.15, -0.1) is 0 Å². The molecular weight excluding hydrogens is 445 g/mol. The molecule has 0 saturated heterocycles. The maximum atomic E-state index is 12.1. The number of esters is 1. The van der Waals surface area contributed by atoms with E-state index in [-0.39, 0.29) is 25.8 Å². The van der Waals surface area contributed by atoms with Gasteiger partial charge in [0.15, 0.2) is 0 Å². The molecule has 0 aromatic carbocycles. The molecule has 0 heterocycles. The van der Waals surface area contributed by atoms with Gasteiger partial charge in [0.05, 0.1) is 34.4 Å². The minimum absolute atomic E-state index is 0.0906. The van der Waals surface area contributed by atoms with Crippen LogP contribution in [0.4, 0.5) is 0 Å². The van der Waals surface area contributed by atoms with Crippen molar-refractivity contribution >= 4 is 13.8 Å². The molecule has 0 radical (unpaired) electrons. The molecule has 0 aliphatic heterocycles. The van der Waals surface area contributed by atoms with Gasteiger partial charge in [-0.25, -0.2) is 4.57 Å². The van der Waals surface area contributed by atoms with Crippen molar-refractivity contribution in [3.05, 3.63) is 0 Å². The fraction of sp³-hybridized carbons (Fsp3) is 0.958. The fourth-order valence-corrected chi connectivity index (χ4v) is 3.80. The van der Waals surface area contributed by atoms with Crippen LogP contribution in [0, 0.1) is 0 Å². The maximum absolute atomic E-state index is 12.1. The molecule has 0 aliphatic rings. The van der Waals surface area contributed by atoms with Crippen molar-refractivity contribution in [3.63, 3.8) is 0 Å². The van der Waals surface area contributed by atoms with Gasteiger partial charge in [-0.3, -0.25) is 13.8 Å². The summed E-state index contributed by atoms with van der Waals surface area (Å²) < 4.78 is 34.0. The minimum atomic E-state index is -4.22. The number of quaternary nitrogens is 1. The molecule has 0 amide bonds. The zero-order valence-corrected chi connectivity index (χ0v) is 22.8. The van der Waals surface area contributed by atoms with E-state index in [1.165, 1.54) is 44.9 Å². The molecule has 0 fully saturated rings. The number of likely N-dealkylation sites (N-methyl/N-ethyl adjacent to an activating group) is 1. The first kappa shape index (κ1) is 32.5. The van der Waals surface area contributed by atoms with E-state index >= 15 is 0 Å². The molecule has 0 aromatic heterocycles. The van der Waals surface area contributed by atoms with Crippen LogP contribution in [0.15, 0.2) is 0 Å². The van der Waals surface area contributed by atoms with Crippen molar-refractivity contribution < 1.29 is 37.3 Å². The second-order valence-electron chi connectivity index (χ2n) is 9.73. The smallest absolute Gasteiger partial charge is 0.457 e. The molecule has 1 N–H and O–H groups in total. The van der Waals surface area contributed by atoms with Gasteiger partial charge >= 0.3 is 13.8 Å². The van der Waals surface area contributed by atoms with Crippen LogP contribution < -0.4 is 0 Å². The molecule has 0 aromatic rings. The number of carbonyl (C=O) groups excluding carboxylic acids is 1. The highest BCUT2D eigenvalue weighted by atomic mass is 31.2. The van der Waals surface area contributed by atoms with Crippen LogP contribution in [0.2, 0.25) is 0 Å². The average Bonchev–Trinajstić information content (AvgIpc) is 2.73. The SMILES string of the molecule is CCCCCCCCCCCOCC(COP(=O)(O)OCC[N+](C)(C)C)OC(=O)CCCC. The van der Waals surface area contributed by atoms with Crippen LogP contribution in [0.1, 0.15) is 90.9 Å². The summed E-state index contributed by atoms with van der Waals surface area (Å²) in [5.41, 5.74) is 0. The number of phosphoric acid groups is 1.